The second kappa shape index (κ2) is 7.94. The molecule has 0 spiro atoms. The largest absolute Gasteiger partial charge is 0.416 e. The van der Waals surface area contributed by atoms with Gasteiger partial charge in [-0.15, -0.1) is 12.4 Å². The average Bonchev–Trinajstić information content (AvgIpc) is 2.27. The Morgan fingerprint density at radius 2 is 1.84 bits per heavy atom. The first kappa shape index (κ1) is 18.5. The molecule has 0 radical (unpaired) electrons. The van der Waals surface area contributed by atoms with E-state index in [1.165, 1.54) is 12.1 Å². The van der Waals surface area contributed by atoms with Crippen molar-refractivity contribution in [1.82, 2.24) is 0 Å². The molecule has 0 bridgehead atoms. The number of hydrogen-bond acceptors (Lipinski definition) is 2. The molecule has 4 N–H and O–H groups in total. The lowest BCUT2D eigenvalue weighted by atomic mass is 9.96. The van der Waals surface area contributed by atoms with Crippen LogP contribution in [0.15, 0.2) is 18.2 Å². The highest BCUT2D eigenvalue weighted by atomic mass is 35.5. The molecule has 1 atom stereocenters. The van der Waals surface area contributed by atoms with E-state index in [0.29, 0.717) is 19.4 Å². The maximum absolute atomic E-state index is 12.8. The van der Waals surface area contributed by atoms with E-state index in [9.17, 15) is 13.2 Å². The number of hydrogen-bond donors (Lipinski definition) is 2. The Labute approximate surface area is 121 Å². The monoisotopic (exact) mass is 316 g/mol. The predicted molar refractivity (Wildman–Crippen MR) is 73.5 cm³/mol. The van der Waals surface area contributed by atoms with Crippen molar-refractivity contribution in [3.8, 4) is 0 Å². The molecule has 2 nitrogen and oxygen atoms in total. The first-order valence-corrected chi connectivity index (χ1v) is 6.07. The Morgan fingerprint density at radius 1 is 1.21 bits per heavy atom. The molecule has 0 aliphatic rings. The van der Waals surface area contributed by atoms with Crippen molar-refractivity contribution in [1.29, 1.82) is 0 Å². The van der Waals surface area contributed by atoms with Gasteiger partial charge in [0, 0.05) is 11.1 Å². The number of halogens is 5. The van der Waals surface area contributed by atoms with Crippen LogP contribution in [-0.4, -0.2) is 6.54 Å². The highest BCUT2D eigenvalue weighted by molar-refractivity contribution is 6.31. The summed E-state index contributed by atoms with van der Waals surface area (Å²) < 4.78 is 38.5. The molecule has 0 amide bonds. The molecule has 0 aliphatic heterocycles. The van der Waals surface area contributed by atoms with Gasteiger partial charge < -0.3 is 11.5 Å². The van der Waals surface area contributed by atoms with Gasteiger partial charge in [0.1, 0.15) is 0 Å². The van der Waals surface area contributed by atoms with Crippen LogP contribution in [0.25, 0.3) is 0 Å². The van der Waals surface area contributed by atoms with Crippen LogP contribution in [0.4, 0.5) is 13.2 Å². The van der Waals surface area contributed by atoms with Crippen LogP contribution in [-0.2, 0) is 6.18 Å². The molecular formula is C12H17Cl2F3N2. The van der Waals surface area contributed by atoms with E-state index in [0.717, 1.165) is 12.5 Å². The lowest BCUT2D eigenvalue weighted by molar-refractivity contribution is -0.138. The molecule has 0 saturated carbocycles. The van der Waals surface area contributed by atoms with Gasteiger partial charge in [-0.25, -0.2) is 0 Å². The van der Waals surface area contributed by atoms with Crippen LogP contribution in [0.1, 0.15) is 36.4 Å². The topological polar surface area (TPSA) is 52.0 Å². The first-order valence-electron chi connectivity index (χ1n) is 5.69. The van der Waals surface area contributed by atoms with E-state index in [4.69, 9.17) is 23.1 Å². The van der Waals surface area contributed by atoms with Crippen LogP contribution in [0.5, 0.6) is 0 Å². The molecule has 0 aliphatic carbocycles. The van der Waals surface area contributed by atoms with Crippen LogP contribution in [0, 0.1) is 0 Å². The first-order chi connectivity index (χ1) is 8.38. The normalized spacial score (nSPS) is 12.9. The molecule has 1 aromatic carbocycles. The summed E-state index contributed by atoms with van der Waals surface area (Å²) in [5.74, 6) is 0. The second-order valence-electron chi connectivity index (χ2n) is 4.09. The van der Waals surface area contributed by atoms with Crippen LogP contribution in [0.2, 0.25) is 5.02 Å². The summed E-state index contributed by atoms with van der Waals surface area (Å²) in [6.45, 7) is 0.501. The number of rotatable bonds is 5. The summed E-state index contributed by atoms with van der Waals surface area (Å²) in [5.41, 5.74) is 10.4. The molecule has 1 aromatic rings. The van der Waals surface area contributed by atoms with Gasteiger partial charge in [-0.3, -0.25) is 0 Å². The van der Waals surface area contributed by atoms with Crippen LogP contribution in [0.3, 0.4) is 0 Å². The third kappa shape index (κ3) is 5.18. The number of unbranched alkanes of at least 4 members (excludes halogenated alkanes) is 1. The van der Waals surface area contributed by atoms with Gasteiger partial charge >= 0.3 is 6.18 Å². The van der Waals surface area contributed by atoms with Gasteiger partial charge in [-0.1, -0.05) is 24.1 Å². The summed E-state index contributed by atoms with van der Waals surface area (Å²) in [5, 5.41) is 0.0603. The number of benzene rings is 1. The zero-order valence-electron chi connectivity index (χ0n) is 10.2. The Morgan fingerprint density at radius 3 is 2.37 bits per heavy atom. The number of alkyl halides is 3. The minimum atomic E-state index is -4.44. The van der Waals surface area contributed by atoms with Crippen LogP contribution >= 0.6 is 24.0 Å². The summed E-state index contributed by atoms with van der Waals surface area (Å²) in [7, 11) is 0. The third-order valence-electron chi connectivity index (χ3n) is 2.70. The molecule has 0 unspecified atom stereocenters. The molecule has 0 heterocycles. The Bertz CT molecular complexity index is 397. The predicted octanol–water partition coefficient (Wildman–Crippen LogP) is 3.91. The van der Waals surface area contributed by atoms with Crippen LogP contribution < -0.4 is 11.5 Å². The highest BCUT2D eigenvalue weighted by Gasteiger charge is 2.35. The van der Waals surface area contributed by atoms with Crippen molar-refractivity contribution in [2.45, 2.75) is 31.5 Å². The second-order valence-corrected chi connectivity index (χ2v) is 4.50. The fourth-order valence-electron chi connectivity index (χ4n) is 1.81. The molecule has 19 heavy (non-hydrogen) atoms. The Kier molecular flexibility index (Phi) is 7.74. The molecule has 0 aromatic heterocycles. The van der Waals surface area contributed by atoms with Crippen molar-refractivity contribution < 1.29 is 13.2 Å². The van der Waals surface area contributed by atoms with Crippen molar-refractivity contribution >= 4 is 24.0 Å². The van der Waals surface area contributed by atoms with Crippen molar-refractivity contribution in [3.05, 3.63) is 34.3 Å². The van der Waals surface area contributed by atoms with Gasteiger partial charge in [-0.2, -0.15) is 13.2 Å². The lowest BCUT2D eigenvalue weighted by Gasteiger charge is -2.19. The van der Waals surface area contributed by atoms with Gasteiger partial charge in [0.25, 0.3) is 0 Å². The smallest absolute Gasteiger partial charge is 0.330 e. The van der Waals surface area contributed by atoms with Gasteiger partial charge in [0.05, 0.1) is 5.56 Å². The average molecular weight is 317 g/mol. The standard InChI is InChI=1S/C12H16ClF3N2.ClH/c13-9-5-3-4-8(12(14,15)16)11(9)10(18)6-1-2-7-17;/h3-5,10H,1-2,6-7,17-18H2;1H/t10-;/m1./s1. The summed E-state index contributed by atoms with van der Waals surface area (Å²) in [6, 6.07) is 2.99. The Balaban J connectivity index is 0.00000324. The summed E-state index contributed by atoms with van der Waals surface area (Å²) in [4.78, 5) is 0. The number of nitrogens with two attached hydrogens (primary N) is 2. The van der Waals surface area contributed by atoms with Gasteiger partial charge in [-0.05, 0) is 37.1 Å². The minimum Gasteiger partial charge on any atom is -0.330 e. The molecular weight excluding hydrogens is 300 g/mol. The molecule has 0 fully saturated rings. The highest BCUT2D eigenvalue weighted by Crippen LogP contribution is 2.38. The van der Waals surface area contributed by atoms with Gasteiger partial charge in [0.15, 0.2) is 0 Å². The van der Waals surface area contributed by atoms with Crippen molar-refractivity contribution in [2.75, 3.05) is 6.54 Å². The molecule has 1 rings (SSSR count). The SMILES string of the molecule is Cl.NCCCC[C@@H](N)c1c(Cl)cccc1C(F)(F)F. The third-order valence-corrected chi connectivity index (χ3v) is 3.03. The molecule has 0 saturated heterocycles. The van der Waals surface area contributed by atoms with Crippen molar-refractivity contribution in [3.63, 3.8) is 0 Å². The van der Waals surface area contributed by atoms with Crippen molar-refractivity contribution in [2.24, 2.45) is 11.5 Å². The van der Waals surface area contributed by atoms with Gasteiger partial charge in [0.2, 0.25) is 0 Å². The van der Waals surface area contributed by atoms with E-state index in [-0.39, 0.29) is 23.0 Å². The maximum atomic E-state index is 12.8. The fraction of sp³-hybridized carbons (Fsp3) is 0.500. The van der Waals surface area contributed by atoms with E-state index in [2.05, 4.69) is 0 Å². The summed E-state index contributed by atoms with van der Waals surface area (Å²) in [6.07, 6.45) is -2.59. The molecule has 110 valence electrons. The zero-order chi connectivity index (χ0) is 13.8. The van der Waals surface area contributed by atoms with E-state index < -0.39 is 17.8 Å². The zero-order valence-corrected chi connectivity index (χ0v) is 11.8. The fourth-order valence-corrected chi connectivity index (χ4v) is 2.13. The summed E-state index contributed by atoms with van der Waals surface area (Å²) >= 11 is 5.84. The Hall–Kier alpha value is -0.490. The molecule has 7 heteroatoms. The maximum Gasteiger partial charge on any atom is 0.416 e. The minimum absolute atomic E-state index is 0. The van der Waals surface area contributed by atoms with E-state index >= 15 is 0 Å². The van der Waals surface area contributed by atoms with E-state index in [1.54, 1.807) is 0 Å². The van der Waals surface area contributed by atoms with E-state index in [1.807, 2.05) is 0 Å². The lowest BCUT2D eigenvalue weighted by Crippen LogP contribution is -2.18. The quantitative estimate of drug-likeness (QED) is 0.809.